The number of hydrogen-bond acceptors (Lipinski definition) is 4. The molecule has 22 heavy (non-hydrogen) atoms. The Bertz CT molecular complexity index is 722. The van der Waals surface area contributed by atoms with E-state index in [0.29, 0.717) is 11.3 Å². The number of rotatable bonds is 5. The molecule has 0 atom stereocenters. The van der Waals surface area contributed by atoms with Crippen molar-refractivity contribution < 1.29 is 9.72 Å². The Morgan fingerprint density at radius 2 is 2.05 bits per heavy atom. The summed E-state index contributed by atoms with van der Waals surface area (Å²) in [5.74, 6) is 0.551. The summed E-state index contributed by atoms with van der Waals surface area (Å²) in [5, 5.41) is 13.5. The van der Waals surface area contributed by atoms with Crippen molar-refractivity contribution in [3.8, 4) is 0 Å². The molecule has 0 bridgehead atoms. The molecule has 5 nitrogen and oxygen atoms in total. The highest BCUT2D eigenvalue weighted by Gasteiger charge is 2.14. The molecule has 0 aliphatic carbocycles. The first-order chi connectivity index (χ1) is 10.5. The molecule has 0 aliphatic heterocycles. The van der Waals surface area contributed by atoms with Crippen molar-refractivity contribution in [2.75, 3.05) is 11.1 Å². The van der Waals surface area contributed by atoms with E-state index in [1.54, 1.807) is 23.9 Å². The van der Waals surface area contributed by atoms with Crippen LogP contribution in [-0.2, 0) is 0 Å². The zero-order chi connectivity index (χ0) is 16.1. The maximum Gasteiger partial charge on any atom is 0.271 e. The molecule has 0 saturated heterocycles. The Morgan fingerprint density at radius 3 is 2.68 bits per heavy atom. The molecule has 1 N–H and O–H groups in total. The average Bonchev–Trinajstić information content (AvgIpc) is 2.50. The van der Waals surface area contributed by atoms with Gasteiger partial charge in [0, 0.05) is 17.0 Å². The van der Waals surface area contributed by atoms with Gasteiger partial charge in [0.2, 0.25) is 0 Å². The van der Waals surface area contributed by atoms with Crippen LogP contribution in [0.4, 0.5) is 11.4 Å². The first-order valence-electron chi connectivity index (χ1n) is 6.50. The first-order valence-corrected chi connectivity index (χ1v) is 7.86. The summed E-state index contributed by atoms with van der Waals surface area (Å²) in [7, 11) is 0. The molecule has 1 amide bonds. The summed E-state index contributed by atoms with van der Waals surface area (Å²) < 4.78 is 0. The molecular formula is C15H13ClN2O3S. The topological polar surface area (TPSA) is 72.2 Å². The summed E-state index contributed by atoms with van der Waals surface area (Å²) in [4.78, 5) is 23.4. The van der Waals surface area contributed by atoms with Crippen LogP contribution in [0.2, 0.25) is 5.02 Å². The van der Waals surface area contributed by atoms with E-state index in [4.69, 9.17) is 11.6 Å². The van der Waals surface area contributed by atoms with E-state index in [1.807, 2.05) is 19.1 Å². The third-order valence-corrected chi connectivity index (χ3v) is 4.11. The summed E-state index contributed by atoms with van der Waals surface area (Å²) in [6, 6.07) is 11.2. The van der Waals surface area contributed by atoms with E-state index in [-0.39, 0.29) is 16.6 Å². The number of non-ortho nitro benzene ring substituents is 1. The number of amides is 1. The third kappa shape index (κ3) is 3.78. The second kappa shape index (κ2) is 7.29. The third-order valence-electron chi connectivity index (χ3n) is 2.84. The van der Waals surface area contributed by atoms with Gasteiger partial charge >= 0.3 is 0 Å². The lowest BCUT2D eigenvalue weighted by atomic mass is 10.2. The maximum atomic E-state index is 12.4. The Hall–Kier alpha value is -2.05. The van der Waals surface area contributed by atoms with Crippen LogP contribution in [0.3, 0.4) is 0 Å². The predicted octanol–water partition coefficient (Wildman–Crippen LogP) is 4.61. The average molecular weight is 337 g/mol. The molecule has 7 heteroatoms. The highest BCUT2D eigenvalue weighted by atomic mass is 35.5. The number of nitrogens with one attached hydrogen (secondary N) is 1. The van der Waals surface area contributed by atoms with Crippen LogP contribution >= 0.6 is 23.4 Å². The maximum absolute atomic E-state index is 12.4. The van der Waals surface area contributed by atoms with Crippen LogP contribution in [0.15, 0.2) is 47.4 Å². The SMILES string of the molecule is CCSc1ccccc1C(=O)Nc1ccc([N+](=O)[O-])cc1Cl. The fraction of sp³-hybridized carbons (Fsp3) is 0.133. The molecule has 0 radical (unpaired) electrons. The summed E-state index contributed by atoms with van der Waals surface area (Å²) >= 11 is 7.55. The quantitative estimate of drug-likeness (QED) is 0.491. The lowest BCUT2D eigenvalue weighted by Gasteiger charge is -2.10. The van der Waals surface area contributed by atoms with Crippen LogP contribution < -0.4 is 5.32 Å². The molecule has 114 valence electrons. The standard InChI is InChI=1S/C15H13ClN2O3S/c1-2-22-14-6-4-3-5-11(14)15(19)17-13-8-7-10(18(20)21)9-12(13)16/h3-9H,2H2,1H3,(H,17,19). The number of hydrogen-bond donors (Lipinski definition) is 1. The lowest BCUT2D eigenvalue weighted by molar-refractivity contribution is -0.384. The van der Waals surface area contributed by atoms with Crippen molar-refractivity contribution in [1.29, 1.82) is 0 Å². The molecule has 2 aromatic rings. The Morgan fingerprint density at radius 1 is 1.32 bits per heavy atom. The van der Waals surface area contributed by atoms with Gasteiger partial charge < -0.3 is 5.32 Å². The van der Waals surface area contributed by atoms with Gasteiger partial charge in [0.1, 0.15) is 0 Å². The summed E-state index contributed by atoms with van der Waals surface area (Å²) in [6.45, 7) is 2.01. The second-order valence-electron chi connectivity index (χ2n) is 4.30. The Balaban J connectivity index is 2.24. The molecule has 0 fully saturated rings. The molecule has 0 aromatic heterocycles. The van der Waals surface area contributed by atoms with Crippen LogP contribution in [0.25, 0.3) is 0 Å². The number of halogens is 1. The second-order valence-corrected chi connectivity index (χ2v) is 6.02. The summed E-state index contributed by atoms with van der Waals surface area (Å²) in [6.07, 6.45) is 0. The van der Waals surface area contributed by atoms with E-state index in [2.05, 4.69) is 5.32 Å². The van der Waals surface area contributed by atoms with Gasteiger partial charge in [-0.3, -0.25) is 14.9 Å². The molecule has 0 heterocycles. The normalized spacial score (nSPS) is 10.3. The van der Waals surface area contributed by atoms with Gasteiger partial charge in [-0.05, 0) is 24.0 Å². The molecule has 0 aliphatic rings. The molecule has 0 unspecified atom stereocenters. The van der Waals surface area contributed by atoms with Gasteiger partial charge in [-0.2, -0.15) is 0 Å². The Kier molecular flexibility index (Phi) is 5.41. The van der Waals surface area contributed by atoms with E-state index >= 15 is 0 Å². The minimum atomic E-state index is -0.537. The summed E-state index contributed by atoms with van der Waals surface area (Å²) in [5.41, 5.74) is 0.766. The largest absolute Gasteiger partial charge is 0.321 e. The number of benzene rings is 2. The lowest BCUT2D eigenvalue weighted by Crippen LogP contribution is -2.13. The van der Waals surface area contributed by atoms with Gasteiger partial charge in [-0.1, -0.05) is 30.7 Å². The zero-order valence-corrected chi connectivity index (χ0v) is 13.3. The van der Waals surface area contributed by atoms with Crippen LogP contribution in [0.1, 0.15) is 17.3 Å². The van der Waals surface area contributed by atoms with Gasteiger partial charge in [-0.25, -0.2) is 0 Å². The molecule has 0 spiro atoms. The van der Waals surface area contributed by atoms with Crippen LogP contribution in [-0.4, -0.2) is 16.6 Å². The van der Waals surface area contributed by atoms with Crippen molar-refractivity contribution in [3.63, 3.8) is 0 Å². The smallest absolute Gasteiger partial charge is 0.271 e. The number of carbonyl (C=O) groups is 1. The fourth-order valence-corrected chi connectivity index (χ4v) is 2.87. The van der Waals surface area contributed by atoms with E-state index in [0.717, 1.165) is 10.6 Å². The minimum absolute atomic E-state index is 0.120. The van der Waals surface area contributed by atoms with E-state index in [1.165, 1.54) is 18.2 Å². The van der Waals surface area contributed by atoms with Crippen LogP contribution in [0.5, 0.6) is 0 Å². The minimum Gasteiger partial charge on any atom is -0.321 e. The number of nitrogens with zero attached hydrogens (tertiary/aromatic N) is 1. The van der Waals surface area contributed by atoms with Gasteiger partial charge in [0.15, 0.2) is 0 Å². The number of nitro groups is 1. The van der Waals surface area contributed by atoms with Gasteiger partial charge in [-0.15, -0.1) is 11.8 Å². The van der Waals surface area contributed by atoms with E-state index < -0.39 is 4.92 Å². The predicted molar refractivity (Wildman–Crippen MR) is 88.9 cm³/mol. The van der Waals surface area contributed by atoms with Crippen molar-refractivity contribution in [2.45, 2.75) is 11.8 Å². The number of nitro benzene ring substituents is 1. The van der Waals surface area contributed by atoms with Crippen molar-refractivity contribution in [1.82, 2.24) is 0 Å². The van der Waals surface area contributed by atoms with Crippen LogP contribution in [0, 0.1) is 10.1 Å². The highest BCUT2D eigenvalue weighted by molar-refractivity contribution is 7.99. The van der Waals surface area contributed by atoms with E-state index in [9.17, 15) is 14.9 Å². The monoisotopic (exact) mass is 336 g/mol. The highest BCUT2D eigenvalue weighted by Crippen LogP contribution is 2.28. The van der Waals surface area contributed by atoms with Gasteiger partial charge in [0.05, 0.1) is 21.2 Å². The zero-order valence-electron chi connectivity index (χ0n) is 11.7. The number of anilines is 1. The first kappa shape index (κ1) is 16.3. The number of thioether (sulfide) groups is 1. The van der Waals surface area contributed by atoms with Crippen molar-refractivity contribution >= 4 is 40.6 Å². The molecule has 2 rings (SSSR count). The molecular weight excluding hydrogens is 324 g/mol. The Labute approximate surface area is 136 Å². The number of carbonyl (C=O) groups excluding carboxylic acids is 1. The fourth-order valence-electron chi connectivity index (χ4n) is 1.84. The van der Waals surface area contributed by atoms with Gasteiger partial charge in [0.25, 0.3) is 11.6 Å². The van der Waals surface area contributed by atoms with Crippen molar-refractivity contribution in [3.05, 3.63) is 63.2 Å². The molecule has 2 aromatic carbocycles. The molecule has 0 saturated carbocycles. The van der Waals surface area contributed by atoms with Crippen molar-refractivity contribution in [2.24, 2.45) is 0 Å².